The minimum Gasteiger partial charge on any atom is -0.478 e. The maximum Gasteiger partial charge on any atom is 0.261 e. The molecule has 0 spiro atoms. The molecule has 0 aliphatic heterocycles. The number of ether oxygens (including phenoxy) is 1. The molecule has 4 heteroatoms. The minimum absolute atomic E-state index is 0.0609. The molecule has 19 heavy (non-hydrogen) atoms. The lowest BCUT2D eigenvalue weighted by atomic mass is 10.1. The van der Waals surface area contributed by atoms with Crippen LogP contribution in [-0.4, -0.2) is 18.1 Å². The summed E-state index contributed by atoms with van der Waals surface area (Å²) in [4.78, 5) is 12.0. The van der Waals surface area contributed by atoms with E-state index in [1.54, 1.807) is 12.1 Å². The SMILES string of the molecule is CC[C@@H](Oc1ccccc1F)C(=O)N[C@H](C)C(C)C. The van der Waals surface area contributed by atoms with Gasteiger partial charge in [-0.25, -0.2) is 4.39 Å². The van der Waals surface area contributed by atoms with Gasteiger partial charge in [0.15, 0.2) is 17.7 Å². The van der Waals surface area contributed by atoms with Crippen molar-refractivity contribution in [2.45, 2.75) is 46.3 Å². The molecule has 0 bridgehead atoms. The number of amides is 1. The van der Waals surface area contributed by atoms with Crippen molar-refractivity contribution < 1.29 is 13.9 Å². The van der Waals surface area contributed by atoms with Crippen molar-refractivity contribution in [2.75, 3.05) is 0 Å². The van der Waals surface area contributed by atoms with Crippen LogP contribution in [0, 0.1) is 11.7 Å². The van der Waals surface area contributed by atoms with Crippen molar-refractivity contribution in [1.82, 2.24) is 5.32 Å². The highest BCUT2D eigenvalue weighted by Gasteiger charge is 2.22. The van der Waals surface area contributed by atoms with Crippen LogP contribution in [0.5, 0.6) is 5.75 Å². The van der Waals surface area contributed by atoms with Crippen molar-refractivity contribution in [3.8, 4) is 5.75 Å². The van der Waals surface area contributed by atoms with E-state index in [1.807, 2.05) is 27.7 Å². The van der Waals surface area contributed by atoms with Gasteiger partial charge in [0.1, 0.15) is 0 Å². The van der Waals surface area contributed by atoms with Crippen molar-refractivity contribution in [3.63, 3.8) is 0 Å². The van der Waals surface area contributed by atoms with Crippen molar-refractivity contribution in [1.29, 1.82) is 0 Å². The van der Waals surface area contributed by atoms with E-state index in [4.69, 9.17) is 4.74 Å². The average Bonchev–Trinajstić information content (AvgIpc) is 2.37. The number of para-hydroxylation sites is 1. The number of carbonyl (C=O) groups is 1. The smallest absolute Gasteiger partial charge is 0.261 e. The summed E-state index contributed by atoms with van der Waals surface area (Å²) in [5.41, 5.74) is 0. The molecule has 2 atom stereocenters. The van der Waals surface area contributed by atoms with Gasteiger partial charge >= 0.3 is 0 Å². The van der Waals surface area contributed by atoms with Crippen LogP contribution in [0.4, 0.5) is 4.39 Å². The first-order valence-electron chi connectivity index (χ1n) is 6.67. The summed E-state index contributed by atoms with van der Waals surface area (Å²) in [7, 11) is 0. The summed E-state index contributed by atoms with van der Waals surface area (Å²) in [6.45, 7) is 7.84. The van der Waals surface area contributed by atoms with Crippen LogP contribution in [0.15, 0.2) is 24.3 Å². The lowest BCUT2D eigenvalue weighted by Gasteiger charge is -2.22. The summed E-state index contributed by atoms with van der Waals surface area (Å²) < 4.78 is 18.9. The highest BCUT2D eigenvalue weighted by Crippen LogP contribution is 2.18. The van der Waals surface area contributed by atoms with Crippen LogP contribution in [0.1, 0.15) is 34.1 Å². The van der Waals surface area contributed by atoms with Gasteiger partial charge in [0, 0.05) is 6.04 Å². The van der Waals surface area contributed by atoms with E-state index in [-0.39, 0.29) is 17.7 Å². The van der Waals surface area contributed by atoms with Gasteiger partial charge in [-0.1, -0.05) is 32.9 Å². The van der Waals surface area contributed by atoms with Gasteiger partial charge in [0.05, 0.1) is 0 Å². The normalized spacial score (nSPS) is 14.0. The molecule has 0 radical (unpaired) electrons. The maximum atomic E-state index is 13.5. The number of halogens is 1. The van der Waals surface area contributed by atoms with Crippen LogP contribution < -0.4 is 10.1 Å². The fourth-order valence-electron chi connectivity index (χ4n) is 1.50. The lowest BCUT2D eigenvalue weighted by Crippen LogP contribution is -2.44. The van der Waals surface area contributed by atoms with Crippen LogP contribution in [0.3, 0.4) is 0 Å². The van der Waals surface area contributed by atoms with E-state index >= 15 is 0 Å². The monoisotopic (exact) mass is 267 g/mol. The molecule has 0 unspecified atom stereocenters. The Hall–Kier alpha value is -1.58. The Balaban J connectivity index is 2.68. The topological polar surface area (TPSA) is 38.3 Å². The zero-order chi connectivity index (χ0) is 14.4. The molecule has 1 aromatic carbocycles. The lowest BCUT2D eigenvalue weighted by molar-refractivity contribution is -0.129. The number of hydrogen-bond acceptors (Lipinski definition) is 2. The van der Waals surface area contributed by atoms with Gasteiger partial charge in [-0.15, -0.1) is 0 Å². The Labute approximate surface area is 114 Å². The van der Waals surface area contributed by atoms with Gasteiger partial charge in [0.2, 0.25) is 0 Å². The summed E-state index contributed by atoms with van der Waals surface area (Å²) in [6, 6.07) is 6.17. The van der Waals surface area contributed by atoms with Crippen LogP contribution in [-0.2, 0) is 4.79 Å². The van der Waals surface area contributed by atoms with E-state index in [2.05, 4.69) is 5.32 Å². The van der Waals surface area contributed by atoms with E-state index in [1.165, 1.54) is 12.1 Å². The van der Waals surface area contributed by atoms with E-state index in [0.29, 0.717) is 12.3 Å². The Morgan fingerprint density at radius 2 is 1.95 bits per heavy atom. The molecule has 1 rings (SSSR count). The van der Waals surface area contributed by atoms with Gasteiger partial charge in [-0.05, 0) is 31.4 Å². The first-order valence-corrected chi connectivity index (χ1v) is 6.67. The molecule has 0 aliphatic rings. The number of nitrogens with one attached hydrogen (secondary N) is 1. The predicted molar refractivity (Wildman–Crippen MR) is 73.5 cm³/mol. The molecule has 0 aromatic heterocycles. The predicted octanol–water partition coefficient (Wildman–Crippen LogP) is 3.14. The van der Waals surface area contributed by atoms with Crippen LogP contribution in [0.25, 0.3) is 0 Å². The number of rotatable bonds is 6. The third kappa shape index (κ3) is 4.54. The van der Waals surface area contributed by atoms with E-state index in [0.717, 1.165) is 0 Å². The molecule has 0 heterocycles. The Bertz CT molecular complexity index is 420. The minimum atomic E-state index is -0.668. The molecule has 0 fully saturated rings. The second-order valence-corrected chi connectivity index (χ2v) is 4.99. The zero-order valence-corrected chi connectivity index (χ0v) is 11.9. The quantitative estimate of drug-likeness (QED) is 0.860. The van der Waals surface area contributed by atoms with Gasteiger partial charge in [-0.2, -0.15) is 0 Å². The van der Waals surface area contributed by atoms with Gasteiger partial charge in [0.25, 0.3) is 5.91 Å². The molecule has 0 saturated carbocycles. The van der Waals surface area contributed by atoms with E-state index in [9.17, 15) is 9.18 Å². The first-order chi connectivity index (χ1) is 8.95. The molecule has 0 aliphatic carbocycles. The molecule has 1 amide bonds. The second kappa shape index (κ2) is 7.12. The Morgan fingerprint density at radius 3 is 2.47 bits per heavy atom. The Kier molecular flexibility index (Phi) is 5.80. The van der Waals surface area contributed by atoms with Crippen LogP contribution in [0.2, 0.25) is 0 Å². The standard InChI is InChI=1S/C15H22FNO2/c1-5-13(15(18)17-11(4)10(2)3)19-14-9-7-6-8-12(14)16/h6-11,13H,5H2,1-4H3,(H,17,18)/t11-,13-/m1/s1. The van der Waals surface area contributed by atoms with Crippen molar-refractivity contribution in [3.05, 3.63) is 30.1 Å². The fourth-order valence-corrected chi connectivity index (χ4v) is 1.50. The zero-order valence-electron chi connectivity index (χ0n) is 11.9. The molecule has 1 N–H and O–H groups in total. The Morgan fingerprint density at radius 1 is 1.32 bits per heavy atom. The highest BCUT2D eigenvalue weighted by atomic mass is 19.1. The summed E-state index contributed by atoms with van der Waals surface area (Å²) in [5.74, 6) is -0.200. The fraction of sp³-hybridized carbons (Fsp3) is 0.533. The molecular formula is C15H22FNO2. The first kappa shape index (κ1) is 15.5. The average molecular weight is 267 g/mol. The largest absolute Gasteiger partial charge is 0.478 e. The molecule has 1 aromatic rings. The van der Waals surface area contributed by atoms with Crippen molar-refractivity contribution >= 4 is 5.91 Å². The third-order valence-corrected chi connectivity index (χ3v) is 3.14. The third-order valence-electron chi connectivity index (χ3n) is 3.14. The molecule has 3 nitrogen and oxygen atoms in total. The van der Waals surface area contributed by atoms with Crippen molar-refractivity contribution in [2.24, 2.45) is 5.92 Å². The van der Waals surface area contributed by atoms with Gasteiger partial charge in [-0.3, -0.25) is 4.79 Å². The molecule has 106 valence electrons. The van der Waals surface area contributed by atoms with Gasteiger partial charge < -0.3 is 10.1 Å². The van der Waals surface area contributed by atoms with Crippen LogP contribution >= 0.6 is 0 Å². The molecular weight excluding hydrogens is 245 g/mol. The summed E-state index contributed by atoms with van der Waals surface area (Å²) in [6.07, 6.45) is -0.177. The maximum absolute atomic E-state index is 13.5. The number of benzene rings is 1. The number of carbonyl (C=O) groups excluding carboxylic acids is 1. The summed E-state index contributed by atoms with van der Waals surface area (Å²) >= 11 is 0. The highest BCUT2D eigenvalue weighted by molar-refractivity contribution is 5.81. The second-order valence-electron chi connectivity index (χ2n) is 4.99. The van der Waals surface area contributed by atoms with E-state index < -0.39 is 11.9 Å². The molecule has 0 saturated heterocycles. The number of hydrogen-bond donors (Lipinski definition) is 1. The summed E-state index contributed by atoms with van der Waals surface area (Å²) in [5, 5.41) is 2.88.